The molecule has 0 saturated carbocycles. The molecule has 2 aromatic carbocycles. The van der Waals surface area contributed by atoms with Crippen molar-refractivity contribution >= 4 is 0 Å². The van der Waals surface area contributed by atoms with Gasteiger partial charge in [-0.3, -0.25) is 0 Å². The third kappa shape index (κ3) is 3.16. The first-order valence-electron chi connectivity index (χ1n) is 7.73. The number of hydrogen-bond acceptors (Lipinski definition) is 5. The van der Waals surface area contributed by atoms with Gasteiger partial charge in [0.15, 0.2) is 5.76 Å². The Morgan fingerprint density at radius 3 is 2.68 bits per heavy atom. The number of hydrogen-bond donors (Lipinski definition) is 0. The van der Waals surface area contributed by atoms with Gasteiger partial charge >= 0.3 is 0 Å². The fourth-order valence-corrected chi connectivity index (χ4v) is 2.49. The Bertz CT molecular complexity index is 1010. The van der Waals surface area contributed by atoms with Crippen LogP contribution in [0.4, 0.5) is 4.39 Å². The van der Waals surface area contributed by atoms with E-state index in [4.69, 9.17) is 4.42 Å². The van der Waals surface area contributed by atoms with Crippen LogP contribution < -0.4 is 0 Å². The van der Waals surface area contributed by atoms with Crippen LogP contribution in [0.1, 0.15) is 11.5 Å². The van der Waals surface area contributed by atoms with Crippen LogP contribution in [0, 0.1) is 12.7 Å². The maximum absolute atomic E-state index is 13.0. The van der Waals surface area contributed by atoms with E-state index in [0.717, 1.165) is 16.7 Å². The minimum absolute atomic E-state index is 0.264. The van der Waals surface area contributed by atoms with Gasteiger partial charge in [0.1, 0.15) is 12.4 Å². The molecule has 0 aliphatic rings. The summed E-state index contributed by atoms with van der Waals surface area (Å²) in [6, 6.07) is 13.9. The molecule has 0 unspecified atom stereocenters. The highest BCUT2D eigenvalue weighted by Crippen LogP contribution is 2.21. The van der Waals surface area contributed by atoms with Crippen molar-refractivity contribution in [1.82, 2.24) is 25.2 Å². The van der Waals surface area contributed by atoms with Gasteiger partial charge in [-0.05, 0) is 42.0 Å². The van der Waals surface area contributed by atoms with E-state index in [9.17, 15) is 4.39 Å². The van der Waals surface area contributed by atoms with E-state index in [1.165, 1.54) is 16.9 Å². The number of aromatic nitrogens is 5. The molecule has 6 nitrogen and oxygen atoms in total. The first kappa shape index (κ1) is 15.2. The summed E-state index contributed by atoms with van der Waals surface area (Å²) in [6.45, 7) is 2.26. The van der Waals surface area contributed by atoms with Crippen LogP contribution in [0.3, 0.4) is 0 Å². The second-order valence-corrected chi connectivity index (χ2v) is 5.58. The zero-order valence-corrected chi connectivity index (χ0v) is 13.4. The summed E-state index contributed by atoms with van der Waals surface area (Å²) in [4.78, 5) is 5.65. The molecule has 0 amide bonds. The quantitative estimate of drug-likeness (QED) is 0.571. The normalized spacial score (nSPS) is 11.0. The van der Waals surface area contributed by atoms with Crippen LogP contribution in [0.25, 0.3) is 22.7 Å². The van der Waals surface area contributed by atoms with E-state index in [1.54, 1.807) is 18.3 Å². The lowest BCUT2D eigenvalue weighted by Gasteiger charge is -1.98. The van der Waals surface area contributed by atoms with Gasteiger partial charge in [-0.15, -0.1) is 10.2 Å². The van der Waals surface area contributed by atoms with Crippen molar-refractivity contribution in [3.8, 4) is 22.7 Å². The highest BCUT2D eigenvalue weighted by molar-refractivity contribution is 5.58. The smallest absolute Gasteiger partial charge is 0.218 e. The summed E-state index contributed by atoms with van der Waals surface area (Å²) in [7, 11) is 0. The number of nitrogens with zero attached hydrogens (tertiary/aromatic N) is 5. The highest BCUT2D eigenvalue weighted by atomic mass is 19.1. The van der Waals surface area contributed by atoms with Crippen molar-refractivity contribution in [3.05, 3.63) is 72.0 Å². The molecule has 0 bridgehead atoms. The van der Waals surface area contributed by atoms with Gasteiger partial charge in [0.05, 0.1) is 6.20 Å². The zero-order valence-electron chi connectivity index (χ0n) is 13.4. The number of benzene rings is 2. The molecular formula is C18H14FN5O. The van der Waals surface area contributed by atoms with Crippen molar-refractivity contribution in [3.63, 3.8) is 0 Å². The largest absolute Gasteiger partial charge is 0.439 e. The van der Waals surface area contributed by atoms with Crippen LogP contribution in [0.2, 0.25) is 0 Å². The maximum atomic E-state index is 13.0. The predicted molar refractivity (Wildman–Crippen MR) is 89.0 cm³/mol. The standard InChI is InChI=1S/C18H14FN5O/c1-12-4-2-3-5-15(12)18-21-23-24(22-18)11-17-20-10-16(25-17)13-6-8-14(19)9-7-13/h2-10H,11H2,1H3. The predicted octanol–water partition coefficient (Wildman–Crippen LogP) is 3.49. The molecule has 25 heavy (non-hydrogen) atoms. The van der Waals surface area contributed by atoms with E-state index in [1.807, 2.05) is 31.2 Å². The second-order valence-electron chi connectivity index (χ2n) is 5.58. The molecule has 0 radical (unpaired) electrons. The molecule has 124 valence electrons. The van der Waals surface area contributed by atoms with Crippen molar-refractivity contribution in [2.75, 3.05) is 0 Å². The van der Waals surface area contributed by atoms with E-state index >= 15 is 0 Å². The number of rotatable bonds is 4. The Kier molecular flexibility index (Phi) is 3.81. The molecule has 0 atom stereocenters. The molecule has 0 aliphatic heterocycles. The Balaban J connectivity index is 1.54. The third-order valence-corrected chi connectivity index (χ3v) is 3.80. The maximum Gasteiger partial charge on any atom is 0.218 e. The minimum Gasteiger partial charge on any atom is -0.439 e. The van der Waals surface area contributed by atoms with Crippen molar-refractivity contribution < 1.29 is 8.81 Å². The number of oxazole rings is 1. The number of tetrazole rings is 1. The molecule has 0 fully saturated rings. The van der Waals surface area contributed by atoms with Crippen molar-refractivity contribution in [2.24, 2.45) is 0 Å². The monoisotopic (exact) mass is 335 g/mol. The summed E-state index contributed by atoms with van der Waals surface area (Å²) in [5, 5.41) is 12.5. The van der Waals surface area contributed by atoms with Gasteiger partial charge in [0, 0.05) is 11.1 Å². The topological polar surface area (TPSA) is 69.6 Å². The Labute approximate surface area is 142 Å². The van der Waals surface area contributed by atoms with Gasteiger partial charge in [-0.2, -0.15) is 4.80 Å². The van der Waals surface area contributed by atoms with Gasteiger partial charge in [-0.25, -0.2) is 9.37 Å². The molecule has 2 heterocycles. The van der Waals surface area contributed by atoms with Crippen molar-refractivity contribution in [2.45, 2.75) is 13.5 Å². The summed E-state index contributed by atoms with van der Waals surface area (Å²) < 4.78 is 18.7. The molecule has 7 heteroatoms. The first-order valence-corrected chi connectivity index (χ1v) is 7.73. The van der Waals surface area contributed by atoms with Crippen LogP contribution in [-0.2, 0) is 6.54 Å². The molecular weight excluding hydrogens is 321 g/mol. The lowest BCUT2D eigenvalue weighted by atomic mass is 10.1. The molecule has 0 N–H and O–H groups in total. The van der Waals surface area contributed by atoms with Crippen molar-refractivity contribution in [1.29, 1.82) is 0 Å². The Hall–Kier alpha value is -3.35. The van der Waals surface area contributed by atoms with Gasteiger partial charge in [0.2, 0.25) is 11.7 Å². The molecule has 4 rings (SSSR count). The van der Waals surface area contributed by atoms with Crippen LogP contribution in [0.5, 0.6) is 0 Å². The lowest BCUT2D eigenvalue weighted by Crippen LogP contribution is -2.04. The fourth-order valence-electron chi connectivity index (χ4n) is 2.49. The summed E-state index contributed by atoms with van der Waals surface area (Å²) in [5.74, 6) is 1.28. The number of aryl methyl sites for hydroxylation is 1. The van der Waals surface area contributed by atoms with Gasteiger partial charge < -0.3 is 4.42 Å². The SMILES string of the molecule is Cc1ccccc1-c1nnn(Cc2ncc(-c3ccc(F)cc3)o2)n1. The Morgan fingerprint density at radius 2 is 1.88 bits per heavy atom. The fraction of sp³-hybridized carbons (Fsp3) is 0.111. The first-order chi connectivity index (χ1) is 12.2. The van der Waals surface area contributed by atoms with Crippen LogP contribution in [-0.4, -0.2) is 25.2 Å². The van der Waals surface area contributed by atoms with E-state index in [2.05, 4.69) is 20.4 Å². The molecule has 0 aliphatic carbocycles. The van der Waals surface area contributed by atoms with Gasteiger partial charge in [-0.1, -0.05) is 24.3 Å². The molecule has 0 saturated heterocycles. The van der Waals surface area contributed by atoms with E-state index < -0.39 is 0 Å². The summed E-state index contributed by atoms with van der Waals surface area (Å²) in [5.41, 5.74) is 2.78. The van der Waals surface area contributed by atoms with E-state index in [-0.39, 0.29) is 12.4 Å². The molecule has 4 aromatic rings. The van der Waals surface area contributed by atoms with E-state index in [0.29, 0.717) is 17.5 Å². The average molecular weight is 335 g/mol. The lowest BCUT2D eigenvalue weighted by molar-refractivity contribution is 0.446. The zero-order chi connectivity index (χ0) is 17.2. The molecule has 0 spiro atoms. The Morgan fingerprint density at radius 1 is 1.08 bits per heavy atom. The summed E-state index contributed by atoms with van der Waals surface area (Å²) in [6.07, 6.45) is 1.60. The molecule has 2 aromatic heterocycles. The summed E-state index contributed by atoms with van der Waals surface area (Å²) >= 11 is 0. The van der Waals surface area contributed by atoms with Gasteiger partial charge in [0.25, 0.3) is 0 Å². The van der Waals surface area contributed by atoms with Crippen LogP contribution >= 0.6 is 0 Å². The average Bonchev–Trinajstić information content (AvgIpc) is 3.26. The minimum atomic E-state index is -0.293. The highest BCUT2D eigenvalue weighted by Gasteiger charge is 2.11. The van der Waals surface area contributed by atoms with Crippen LogP contribution in [0.15, 0.2) is 59.1 Å². The second kappa shape index (κ2) is 6.27. The third-order valence-electron chi connectivity index (χ3n) is 3.80. The number of halogens is 1.